The molecule has 4 aromatic heterocycles. The SMILES string of the molecule is FC(F)(F)c1cc(-c2ncn(C=C(c3cncnc3)c3nnco3)n2)cc(C(F)(F)F)n1. The molecule has 0 fully saturated rings. The molecule has 0 spiro atoms. The van der Waals surface area contributed by atoms with Crippen molar-refractivity contribution in [3.05, 3.63) is 66.4 Å². The van der Waals surface area contributed by atoms with E-state index in [1.54, 1.807) is 0 Å². The first kappa shape index (κ1) is 21.1. The van der Waals surface area contributed by atoms with Gasteiger partial charge in [0, 0.05) is 29.7 Å². The minimum absolute atomic E-state index is 0.0412. The molecule has 4 rings (SSSR count). The van der Waals surface area contributed by atoms with Crippen molar-refractivity contribution in [3.8, 4) is 11.4 Å². The highest BCUT2D eigenvalue weighted by Gasteiger charge is 2.39. The zero-order chi connectivity index (χ0) is 22.9. The molecule has 15 heteroatoms. The van der Waals surface area contributed by atoms with Crippen molar-refractivity contribution in [2.75, 3.05) is 0 Å². The largest absolute Gasteiger partial charge is 0.433 e. The Hall–Kier alpha value is -4.17. The molecule has 0 aliphatic carbocycles. The molecule has 164 valence electrons. The van der Waals surface area contributed by atoms with Gasteiger partial charge >= 0.3 is 12.4 Å². The minimum atomic E-state index is -5.10. The molecule has 0 N–H and O–H groups in total. The lowest BCUT2D eigenvalue weighted by Gasteiger charge is -2.11. The third kappa shape index (κ3) is 4.45. The van der Waals surface area contributed by atoms with Crippen LogP contribution in [0.15, 0.2) is 48.0 Å². The van der Waals surface area contributed by atoms with Gasteiger partial charge in [0.15, 0.2) is 5.82 Å². The van der Waals surface area contributed by atoms with Crippen LogP contribution in [0.5, 0.6) is 0 Å². The molecule has 0 saturated carbocycles. The van der Waals surface area contributed by atoms with Gasteiger partial charge in [-0.2, -0.15) is 26.3 Å². The zero-order valence-corrected chi connectivity index (χ0v) is 15.4. The smallest absolute Gasteiger partial charge is 0.423 e. The van der Waals surface area contributed by atoms with Gasteiger partial charge in [0.2, 0.25) is 12.3 Å². The molecule has 0 saturated heterocycles. The first-order valence-electron chi connectivity index (χ1n) is 8.43. The van der Waals surface area contributed by atoms with Gasteiger partial charge in [0.1, 0.15) is 24.0 Å². The van der Waals surface area contributed by atoms with Crippen LogP contribution in [-0.4, -0.2) is 39.9 Å². The minimum Gasteiger partial charge on any atom is -0.423 e. The Kier molecular flexibility index (Phi) is 5.15. The fourth-order valence-electron chi connectivity index (χ4n) is 2.53. The molecule has 4 aromatic rings. The summed E-state index contributed by atoms with van der Waals surface area (Å²) in [5, 5.41) is 11.3. The number of hydrogen-bond acceptors (Lipinski definition) is 8. The van der Waals surface area contributed by atoms with E-state index in [2.05, 4.69) is 35.2 Å². The van der Waals surface area contributed by atoms with Crippen molar-refractivity contribution < 1.29 is 30.8 Å². The van der Waals surface area contributed by atoms with Crippen molar-refractivity contribution in [3.63, 3.8) is 0 Å². The molecule has 9 nitrogen and oxygen atoms in total. The van der Waals surface area contributed by atoms with E-state index in [0.717, 1.165) is 17.4 Å². The van der Waals surface area contributed by atoms with E-state index in [1.165, 1.54) is 24.9 Å². The number of alkyl halides is 6. The van der Waals surface area contributed by atoms with Gasteiger partial charge in [-0.25, -0.2) is 24.6 Å². The van der Waals surface area contributed by atoms with E-state index in [1.807, 2.05) is 0 Å². The fraction of sp³-hybridized carbons (Fsp3) is 0.118. The Labute approximate surface area is 173 Å². The number of pyridine rings is 1. The van der Waals surface area contributed by atoms with Gasteiger partial charge in [-0.1, -0.05) is 0 Å². The van der Waals surface area contributed by atoms with Crippen LogP contribution in [0.4, 0.5) is 26.3 Å². The first-order chi connectivity index (χ1) is 15.1. The average molecular weight is 454 g/mol. The van der Waals surface area contributed by atoms with Gasteiger partial charge < -0.3 is 4.42 Å². The third-order valence-electron chi connectivity index (χ3n) is 3.90. The van der Waals surface area contributed by atoms with Crippen molar-refractivity contribution in [1.29, 1.82) is 0 Å². The van der Waals surface area contributed by atoms with Gasteiger partial charge in [-0.15, -0.1) is 15.3 Å². The van der Waals surface area contributed by atoms with E-state index in [-0.39, 0.29) is 11.5 Å². The number of aromatic nitrogens is 8. The van der Waals surface area contributed by atoms with Crippen molar-refractivity contribution in [2.24, 2.45) is 0 Å². The maximum Gasteiger partial charge on any atom is 0.433 e. The highest BCUT2D eigenvalue weighted by molar-refractivity contribution is 5.82. The third-order valence-corrected chi connectivity index (χ3v) is 3.90. The summed E-state index contributed by atoms with van der Waals surface area (Å²) in [4.78, 5) is 14.2. The van der Waals surface area contributed by atoms with Crippen LogP contribution in [-0.2, 0) is 12.4 Å². The highest BCUT2D eigenvalue weighted by atomic mass is 19.4. The molecule has 0 aliphatic heterocycles. The molecule has 0 aromatic carbocycles. The lowest BCUT2D eigenvalue weighted by Crippen LogP contribution is -2.15. The molecular weight excluding hydrogens is 446 g/mol. The Balaban J connectivity index is 1.78. The average Bonchev–Trinajstić information content (AvgIpc) is 3.43. The lowest BCUT2D eigenvalue weighted by molar-refractivity contribution is -0.150. The summed E-state index contributed by atoms with van der Waals surface area (Å²) in [5.74, 6) is -0.353. The molecule has 4 heterocycles. The molecule has 0 unspecified atom stereocenters. The second-order valence-electron chi connectivity index (χ2n) is 6.08. The molecule has 0 amide bonds. The predicted octanol–water partition coefficient (Wildman–Crippen LogP) is 3.60. The van der Waals surface area contributed by atoms with Crippen LogP contribution in [0, 0.1) is 0 Å². The molecular formula is C17H8F6N8O. The van der Waals surface area contributed by atoms with E-state index in [0.29, 0.717) is 17.7 Å². The normalized spacial score (nSPS) is 12.9. The van der Waals surface area contributed by atoms with Crippen LogP contribution in [0.25, 0.3) is 23.2 Å². The summed E-state index contributed by atoms with van der Waals surface area (Å²) in [5.41, 5.74) is -3.25. The summed E-state index contributed by atoms with van der Waals surface area (Å²) in [7, 11) is 0. The number of hydrogen-bond donors (Lipinski definition) is 0. The fourth-order valence-corrected chi connectivity index (χ4v) is 2.53. The van der Waals surface area contributed by atoms with Gasteiger partial charge in [-0.3, -0.25) is 0 Å². The summed E-state index contributed by atoms with van der Waals surface area (Å²) in [6.45, 7) is 0. The van der Waals surface area contributed by atoms with Crippen molar-refractivity contribution >= 4 is 11.8 Å². The molecule has 0 atom stereocenters. The van der Waals surface area contributed by atoms with E-state index in [4.69, 9.17) is 4.42 Å². The lowest BCUT2D eigenvalue weighted by atomic mass is 10.1. The van der Waals surface area contributed by atoms with Crippen molar-refractivity contribution in [2.45, 2.75) is 12.4 Å². The molecule has 32 heavy (non-hydrogen) atoms. The summed E-state index contributed by atoms with van der Waals surface area (Å²) < 4.78 is 84.5. The predicted molar refractivity (Wildman–Crippen MR) is 92.9 cm³/mol. The second-order valence-corrected chi connectivity index (χ2v) is 6.08. The molecule has 0 aliphatic rings. The standard InChI is InChI=1S/C17H8F6N8O/c18-16(19,20)12-1-9(2-13(28-12)17(21,22)23)14-26-7-31(30-14)5-11(15-29-27-8-32-15)10-3-24-6-25-4-10/h1-8H. The monoisotopic (exact) mass is 454 g/mol. The number of nitrogens with zero attached hydrogens (tertiary/aromatic N) is 8. The maximum absolute atomic E-state index is 13.1. The van der Waals surface area contributed by atoms with Crippen molar-refractivity contribution in [1.82, 2.24) is 39.9 Å². The quantitative estimate of drug-likeness (QED) is 0.431. The Bertz CT molecular complexity index is 1220. The summed E-state index contributed by atoms with van der Waals surface area (Å²) in [6, 6.07) is 0.866. The maximum atomic E-state index is 13.1. The van der Waals surface area contributed by atoms with E-state index >= 15 is 0 Å². The van der Waals surface area contributed by atoms with Crippen LogP contribution in [0.1, 0.15) is 22.8 Å². The number of rotatable bonds is 4. The summed E-state index contributed by atoms with van der Waals surface area (Å²) >= 11 is 0. The second kappa shape index (κ2) is 7.82. The van der Waals surface area contributed by atoms with Crippen LogP contribution >= 0.6 is 0 Å². The van der Waals surface area contributed by atoms with Gasteiger partial charge in [0.05, 0.1) is 5.57 Å². The summed E-state index contributed by atoms with van der Waals surface area (Å²) in [6.07, 6.45) is -2.61. The first-order valence-corrected chi connectivity index (χ1v) is 8.43. The number of halogens is 6. The van der Waals surface area contributed by atoms with Gasteiger partial charge in [0.25, 0.3) is 0 Å². The van der Waals surface area contributed by atoms with Crippen LogP contribution in [0.2, 0.25) is 0 Å². The van der Waals surface area contributed by atoms with E-state index < -0.39 is 35.1 Å². The van der Waals surface area contributed by atoms with Crippen LogP contribution < -0.4 is 0 Å². The van der Waals surface area contributed by atoms with Gasteiger partial charge in [-0.05, 0) is 12.1 Å². The Morgan fingerprint density at radius 2 is 1.62 bits per heavy atom. The highest BCUT2D eigenvalue weighted by Crippen LogP contribution is 2.35. The van der Waals surface area contributed by atoms with E-state index in [9.17, 15) is 26.3 Å². The molecule has 0 radical (unpaired) electrons. The Morgan fingerprint density at radius 1 is 0.969 bits per heavy atom. The van der Waals surface area contributed by atoms with Crippen LogP contribution in [0.3, 0.4) is 0 Å². The molecule has 0 bridgehead atoms. The zero-order valence-electron chi connectivity index (χ0n) is 15.4. The Morgan fingerprint density at radius 3 is 2.19 bits per heavy atom. The topological polar surface area (TPSA) is 108 Å².